The number of nitrogens with zero attached hydrogens (tertiary/aromatic N) is 1. The van der Waals surface area contributed by atoms with Gasteiger partial charge in [0.15, 0.2) is 0 Å². The van der Waals surface area contributed by atoms with Crippen molar-refractivity contribution >= 4 is 34.8 Å². The maximum atomic E-state index is 12.5. The summed E-state index contributed by atoms with van der Waals surface area (Å²) in [5.74, 6) is -0.243. The fraction of sp³-hybridized carbons (Fsp3) is 0.125. The highest BCUT2D eigenvalue weighted by Gasteiger charge is 2.34. The fourth-order valence-electron chi connectivity index (χ4n) is 2.36. The minimum atomic E-state index is -0.149. The maximum absolute atomic E-state index is 12.5. The second-order valence-corrected chi connectivity index (χ2v) is 5.65. The van der Waals surface area contributed by atoms with Crippen LogP contribution in [0, 0.1) is 6.92 Å². The van der Waals surface area contributed by atoms with Crippen molar-refractivity contribution in [1.82, 2.24) is 0 Å². The summed E-state index contributed by atoms with van der Waals surface area (Å²) in [6.45, 7) is 3.47. The molecule has 1 aromatic heterocycles. The van der Waals surface area contributed by atoms with Crippen molar-refractivity contribution in [3.63, 3.8) is 0 Å². The molecule has 0 aliphatic carbocycles. The number of aryl methyl sites for hydroxylation is 1. The molecule has 0 N–H and O–H groups in total. The first-order valence-corrected chi connectivity index (χ1v) is 7.18. The van der Waals surface area contributed by atoms with E-state index in [0.29, 0.717) is 16.9 Å². The molecule has 0 atom stereocenters. The summed E-state index contributed by atoms with van der Waals surface area (Å²) in [5, 5.41) is 1.98. The molecule has 0 saturated heterocycles. The van der Waals surface area contributed by atoms with Gasteiger partial charge < -0.3 is 0 Å². The lowest BCUT2D eigenvalue weighted by Crippen LogP contribution is -2.25. The van der Waals surface area contributed by atoms with Crippen LogP contribution in [0.1, 0.15) is 27.7 Å². The van der Waals surface area contributed by atoms with Crippen LogP contribution in [0.3, 0.4) is 0 Å². The van der Waals surface area contributed by atoms with Gasteiger partial charge in [0.2, 0.25) is 11.7 Å². The van der Waals surface area contributed by atoms with Gasteiger partial charge in [0.05, 0.1) is 11.4 Å². The van der Waals surface area contributed by atoms with Crippen LogP contribution in [0.2, 0.25) is 0 Å². The third kappa shape index (κ3) is 1.89. The molecule has 0 unspecified atom stereocenters. The number of para-hydroxylation sites is 1. The van der Waals surface area contributed by atoms with Gasteiger partial charge in [-0.2, -0.15) is 0 Å². The molecule has 1 aromatic carbocycles. The van der Waals surface area contributed by atoms with E-state index in [1.165, 1.54) is 11.8 Å². The van der Waals surface area contributed by atoms with E-state index >= 15 is 0 Å². The molecule has 0 saturated carbocycles. The molecule has 20 heavy (non-hydrogen) atoms. The Morgan fingerprint density at radius 2 is 2.00 bits per heavy atom. The summed E-state index contributed by atoms with van der Waals surface area (Å²) in [7, 11) is 0. The van der Waals surface area contributed by atoms with Gasteiger partial charge in [0.25, 0.3) is 0 Å². The van der Waals surface area contributed by atoms with E-state index in [4.69, 9.17) is 0 Å². The van der Waals surface area contributed by atoms with Crippen molar-refractivity contribution in [2.75, 3.05) is 4.90 Å². The van der Waals surface area contributed by atoms with E-state index in [1.54, 1.807) is 23.5 Å². The zero-order valence-corrected chi connectivity index (χ0v) is 12.0. The Bertz CT molecular complexity index is 742. The average molecular weight is 283 g/mol. The van der Waals surface area contributed by atoms with E-state index in [2.05, 4.69) is 0 Å². The van der Waals surface area contributed by atoms with Crippen LogP contribution in [0.25, 0.3) is 6.08 Å². The number of fused-ring (bicyclic) bond motifs is 1. The van der Waals surface area contributed by atoms with Crippen molar-refractivity contribution in [2.45, 2.75) is 13.8 Å². The Hall–Kier alpha value is -2.20. The number of hydrogen-bond acceptors (Lipinski definition) is 3. The number of carbonyl (C=O) groups excluding carboxylic acids is 2. The molecule has 3 rings (SSSR count). The Kier molecular flexibility index (Phi) is 3.03. The summed E-state index contributed by atoms with van der Waals surface area (Å²) < 4.78 is 0. The second-order valence-electron chi connectivity index (χ2n) is 4.70. The third-order valence-corrected chi connectivity index (χ3v) is 4.31. The monoisotopic (exact) mass is 283 g/mol. The van der Waals surface area contributed by atoms with Crippen molar-refractivity contribution in [2.24, 2.45) is 0 Å². The first-order chi connectivity index (χ1) is 9.59. The summed E-state index contributed by atoms with van der Waals surface area (Å²) in [5.41, 5.74) is 2.80. The molecule has 1 amide bonds. The molecule has 0 radical (unpaired) electrons. The van der Waals surface area contributed by atoms with Crippen LogP contribution in [0.4, 0.5) is 5.69 Å². The predicted molar refractivity (Wildman–Crippen MR) is 81.0 cm³/mol. The van der Waals surface area contributed by atoms with Gasteiger partial charge in [0, 0.05) is 17.4 Å². The van der Waals surface area contributed by atoms with Crippen LogP contribution >= 0.6 is 11.3 Å². The molecular weight excluding hydrogens is 270 g/mol. The lowest BCUT2D eigenvalue weighted by molar-refractivity contribution is -0.116. The Morgan fingerprint density at radius 3 is 2.65 bits per heavy atom. The number of rotatable bonds is 1. The molecule has 1 aliphatic heterocycles. The molecule has 2 aromatic rings. The summed E-state index contributed by atoms with van der Waals surface area (Å²) in [4.78, 5) is 26.9. The van der Waals surface area contributed by atoms with E-state index in [-0.39, 0.29) is 11.7 Å². The number of thiophene rings is 1. The van der Waals surface area contributed by atoms with Gasteiger partial charge in [-0.25, -0.2) is 0 Å². The standard InChI is InChI=1S/C16H13NO2S/c1-10-7-8-20-15(10)9-14-16(19)12-5-3-4-6-13(12)17(14)11(2)18/h3-9H,1-2H3/b14-9-. The van der Waals surface area contributed by atoms with Gasteiger partial charge in [-0.3, -0.25) is 14.5 Å². The number of carbonyl (C=O) groups is 2. The lowest BCUT2D eigenvalue weighted by atomic mass is 10.1. The zero-order valence-electron chi connectivity index (χ0n) is 11.2. The zero-order chi connectivity index (χ0) is 14.3. The summed E-state index contributed by atoms with van der Waals surface area (Å²) in [6, 6.07) is 9.21. The number of ketones is 1. The van der Waals surface area contributed by atoms with Crippen molar-refractivity contribution in [1.29, 1.82) is 0 Å². The van der Waals surface area contributed by atoms with Crippen LogP contribution in [-0.4, -0.2) is 11.7 Å². The highest BCUT2D eigenvalue weighted by Crippen LogP contribution is 2.36. The fourth-order valence-corrected chi connectivity index (χ4v) is 3.21. The van der Waals surface area contributed by atoms with Crippen LogP contribution < -0.4 is 4.90 Å². The van der Waals surface area contributed by atoms with E-state index < -0.39 is 0 Å². The maximum Gasteiger partial charge on any atom is 0.228 e. The summed E-state index contributed by atoms with van der Waals surface area (Å²) >= 11 is 1.56. The van der Waals surface area contributed by atoms with Crippen molar-refractivity contribution in [3.05, 3.63) is 57.4 Å². The van der Waals surface area contributed by atoms with Gasteiger partial charge >= 0.3 is 0 Å². The Labute approximate surface area is 121 Å². The second kappa shape index (κ2) is 4.72. The lowest BCUT2D eigenvalue weighted by Gasteiger charge is -2.15. The van der Waals surface area contributed by atoms with E-state index in [0.717, 1.165) is 10.4 Å². The average Bonchev–Trinajstić information content (AvgIpc) is 2.94. The largest absolute Gasteiger partial charge is 0.287 e. The van der Waals surface area contributed by atoms with Gasteiger partial charge in [-0.15, -0.1) is 11.3 Å². The molecule has 4 heteroatoms. The van der Waals surface area contributed by atoms with Gasteiger partial charge in [-0.1, -0.05) is 12.1 Å². The Morgan fingerprint density at radius 1 is 1.25 bits per heavy atom. The quantitative estimate of drug-likeness (QED) is 0.749. The smallest absolute Gasteiger partial charge is 0.228 e. The number of amides is 1. The molecule has 0 spiro atoms. The minimum absolute atomic E-state index is 0.0939. The number of hydrogen-bond donors (Lipinski definition) is 0. The van der Waals surface area contributed by atoms with Crippen LogP contribution in [0.5, 0.6) is 0 Å². The number of allylic oxidation sites excluding steroid dienone is 1. The number of anilines is 1. The highest BCUT2D eigenvalue weighted by atomic mass is 32.1. The highest BCUT2D eigenvalue weighted by molar-refractivity contribution is 7.11. The van der Waals surface area contributed by atoms with E-state index in [1.807, 2.05) is 36.6 Å². The predicted octanol–water partition coefficient (Wildman–Crippen LogP) is 3.65. The van der Waals surface area contributed by atoms with Crippen molar-refractivity contribution in [3.8, 4) is 0 Å². The van der Waals surface area contributed by atoms with Gasteiger partial charge in [-0.05, 0) is 42.1 Å². The normalized spacial score (nSPS) is 15.8. The van der Waals surface area contributed by atoms with E-state index in [9.17, 15) is 9.59 Å². The molecule has 100 valence electrons. The first-order valence-electron chi connectivity index (χ1n) is 6.30. The third-order valence-electron chi connectivity index (χ3n) is 3.35. The molecule has 0 fully saturated rings. The SMILES string of the molecule is CC(=O)N1/C(=C\c2sccc2C)C(=O)c2ccccc21. The molecule has 3 nitrogen and oxygen atoms in total. The van der Waals surface area contributed by atoms with Gasteiger partial charge in [0.1, 0.15) is 0 Å². The van der Waals surface area contributed by atoms with Crippen LogP contribution in [-0.2, 0) is 4.79 Å². The first kappa shape index (κ1) is 12.8. The molecule has 2 heterocycles. The Balaban J connectivity index is 2.17. The molecular formula is C16H13NO2S. The summed E-state index contributed by atoms with van der Waals surface area (Å²) in [6.07, 6.45) is 1.81. The number of benzene rings is 1. The molecule has 0 bridgehead atoms. The topological polar surface area (TPSA) is 37.4 Å². The van der Waals surface area contributed by atoms with Crippen molar-refractivity contribution < 1.29 is 9.59 Å². The number of Topliss-reactive ketones (excluding diaryl/α,β-unsaturated/α-hetero) is 1. The minimum Gasteiger partial charge on any atom is -0.287 e. The van der Waals surface area contributed by atoms with Crippen LogP contribution in [0.15, 0.2) is 41.4 Å². The molecule has 1 aliphatic rings.